The second kappa shape index (κ2) is 9.73. The number of anilines is 1. The molecule has 0 aliphatic rings. The van der Waals surface area contributed by atoms with Gasteiger partial charge in [-0.1, -0.05) is 11.6 Å². The predicted octanol–water partition coefficient (Wildman–Crippen LogP) is 2.78. The van der Waals surface area contributed by atoms with Gasteiger partial charge in [0.15, 0.2) is 0 Å². The first-order chi connectivity index (χ1) is 13.7. The summed E-state index contributed by atoms with van der Waals surface area (Å²) < 4.78 is 36.4. The molecule has 2 aromatic carbocycles. The van der Waals surface area contributed by atoms with Gasteiger partial charge in [0.2, 0.25) is 15.9 Å². The van der Waals surface area contributed by atoms with E-state index in [4.69, 9.17) is 21.1 Å². The number of carbonyl (C=O) groups is 2. The standard InChI is InChI=1S/C19H21ClN2O6S/c1-4-28-19(24)13-5-8-15(9-6-13)21-18(23)12-22(2)29(25,26)17-11-14(20)7-10-16(17)27-3/h5-11H,4,12H2,1-3H3,(H,21,23). The summed E-state index contributed by atoms with van der Waals surface area (Å²) in [6.45, 7) is 1.53. The monoisotopic (exact) mass is 440 g/mol. The van der Waals surface area contributed by atoms with Crippen molar-refractivity contribution in [2.24, 2.45) is 0 Å². The molecule has 0 aliphatic carbocycles. The number of halogens is 1. The molecule has 8 nitrogen and oxygen atoms in total. The summed E-state index contributed by atoms with van der Waals surface area (Å²) in [5.41, 5.74) is 0.756. The first kappa shape index (κ1) is 22.7. The first-order valence-corrected chi connectivity index (χ1v) is 10.4. The minimum atomic E-state index is -4.01. The average molecular weight is 441 g/mol. The van der Waals surface area contributed by atoms with Gasteiger partial charge in [-0.05, 0) is 49.4 Å². The van der Waals surface area contributed by atoms with E-state index in [1.807, 2.05) is 0 Å². The summed E-state index contributed by atoms with van der Waals surface area (Å²) in [5.74, 6) is -0.899. The van der Waals surface area contributed by atoms with E-state index in [9.17, 15) is 18.0 Å². The number of amides is 1. The molecule has 0 radical (unpaired) electrons. The molecular weight excluding hydrogens is 420 g/mol. The van der Waals surface area contributed by atoms with Crippen molar-refractivity contribution in [2.75, 3.05) is 32.6 Å². The van der Waals surface area contributed by atoms with Crippen molar-refractivity contribution >= 4 is 39.2 Å². The molecule has 0 aromatic heterocycles. The van der Waals surface area contributed by atoms with E-state index in [1.165, 1.54) is 56.6 Å². The van der Waals surface area contributed by atoms with Gasteiger partial charge >= 0.3 is 5.97 Å². The number of carbonyl (C=O) groups excluding carboxylic acids is 2. The molecule has 0 fully saturated rings. The molecule has 2 rings (SSSR count). The van der Waals surface area contributed by atoms with Crippen molar-refractivity contribution in [3.05, 3.63) is 53.1 Å². The maximum absolute atomic E-state index is 12.8. The maximum Gasteiger partial charge on any atom is 0.338 e. The summed E-state index contributed by atoms with van der Waals surface area (Å²) in [4.78, 5) is 23.8. The van der Waals surface area contributed by atoms with Crippen LogP contribution in [0.1, 0.15) is 17.3 Å². The summed E-state index contributed by atoms with van der Waals surface area (Å²) in [7, 11) is -1.39. The zero-order valence-corrected chi connectivity index (χ0v) is 17.7. The largest absolute Gasteiger partial charge is 0.495 e. The fraction of sp³-hybridized carbons (Fsp3) is 0.263. The fourth-order valence-corrected chi connectivity index (χ4v) is 3.95. The van der Waals surface area contributed by atoms with E-state index in [0.717, 1.165) is 4.31 Å². The molecule has 0 atom stereocenters. The fourth-order valence-electron chi connectivity index (χ4n) is 2.41. The van der Waals surface area contributed by atoms with Crippen molar-refractivity contribution < 1.29 is 27.5 Å². The number of hydrogen-bond donors (Lipinski definition) is 1. The van der Waals surface area contributed by atoms with Crippen molar-refractivity contribution in [2.45, 2.75) is 11.8 Å². The van der Waals surface area contributed by atoms with Crippen molar-refractivity contribution in [3.63, 3.8) is 0 Å². The summed E-state index contributed by atoms with van der Waals surface area (Å²) >= 11 is 5.90. The first-order valence-electron chi connectivity index (χ1n) is 8.56. The predicted molar refractivity (Wildman–Crippen MR) is 109 cm³/mol. The summed E-state index contributed by atoms with van der Waals surface area (Å²) in [6, 6.07) is 10.3. The Morgan fingerprint density at radius 3 is 2.38 bits per heavy atom. The lowest BCUT2D eigenvalue weighted by molar-refractivity contribution is -0.116. The van der Waals surface area contributed by atoms with Gasteiger partial charge in [-0.15, -0.1) is 0 Å². The van der Waals surface area contributed by atoms with Gasteiger partial charge in [0.05, 0.1) is 25.8 Å². The van der Waals surface area contributed by atoms with Crippen LogP contribution < -0.4 is 10.1 Å². The Labute approximate surface area is 174 Å². The van der Waals surface area contributed by atoms with Gasteiger partial charge in [0.25, 0.3) is 0 Å². The Balaban J connectivity index is 2.08. The van der Waals surface area contributed by atoms with Crippen LogP contribution in [0.15, 0.2) is 47.4 Å². The van der Waals surface area contributed by atoms with Crippen molar-refractivity contribution in [1.29, 1.82) is 0 Å². The second-order valence-electron chi connectivity index (χ2n) is 5.90. The van der Waals surface area contributed by atoms with Crippen LogP contribution >= 0.6 is 11.6 Å². The highest BCUT2D eigenvalue weighted by molar-refractivity contribution is 7.89. The molecule has 0 unspecified atom stereocenters. The summed E-state index contributed by atoms with van der Waals surface area (Å²) in [6.07, 6.45) is 0. The minimum Gasteiger partial charge on any atom is -0.495 e. The van der Waals surface area contributed by atoms with Crippen LogP contribution in [-0.2, 0) is 19.6 Å². The van der Waals surface area contributed by atoms with E-state index in [-0.39, 0.29) is 22.3 Å². The third-order valence-corrected chi connectivity index (χ3v) is 5.92. The number of rotatable bonds is 8. The van der Waals surface area contributed by atoms with E-state index in [2.05, 4.69) is 5.32 Å². The molecule has 0 saturated carbocycles. The Morgan fingerprint density at radius 2 is 1.79 bits per heavy atom. The quantitative estimate of drug-likeness (QED) is 0.633. The van der Waals surface area contributed by atoms with E-state index < -0.39 is 28.4 Å². The lowest BCUT2D eigenvalue weighted by Gasteiger charge is -2.18. The number of nitrogens with zero attached hydrogens (tertiary/aromatic N) is 1. The normalized spacial score (nSPS) is 11.2. The molecule has 0 bridgehead atoms. The third-order valence-electron chi connectivity index (χ3n) is 3.86. The molecule has 0 saturated heterocycles. The van der Waals surface area contributed by atoms with Gasteiger partial charge in [-0.2, -0.15) is 4.31 Å². The Morgan fingerprint density at radius 1 is 1.14 bits per heavy atom. The number of methoxy groups -OCH3 is 1. The highest BCUT2D eigenvalue weighted by Gasteiger charge is 2.27. The number of hydrogen-bond acceptors (Lipinski definition) is 6. The van der Waals surface area contributed by atoms with Crippen LogP contribution in [-0.4, -0.2) is 51.9 Å². The number of likely N-dealkylation sites (N-methyl/N-ethyl adjacent to an activating group) is 1. The molecule has 2 aromatic rings. The van der Waals surface area contributed by atoms with Crippen molar-refractivity contribution in [3.8, 4) is 5.75 Å². The zero-order valence-electron chi connectivity index (χ0n) is 16.1. The van der Waals surface area contributed by atoms with E-state index in [0.29, 0.717) is 11.3 Å². The highest BCUT2D eigenvalue weighted by Crippen LogP contribution is 2.29. The van der Waals surface area contributed by atoms with E-state index >= 15 is 0 Å². The zero-order chi connectivity index (χ0) is 21.6. The molecular formula is C19H21ClN2O6S. The molecule has 1 N–H and O–H groups in total. The van der Waals surface area contributed by atoms with E-state index in [1.54, 1.807) is 6.92 Å². The second-order valence-corrected chi connectivity index (χ2v) is 8.35. The maximum atomic E-state index is 12.8. The number of esters is 1. The molecule has 10 heteroatoms. The van der Waals surface area contributed by atoms with Gasteiger partial charge in [-0.3, -0.25) is 4.79 Å². The lowest BCUT2D eigenvalue weighted by atomic mass is 10.2. The Hall–Kier alpha value is -2.62. The van der Waals surface area contributed by atoms with Crippen LogP contribution in [0, 0.1) is 0 Å². The topological polar surface area (TPSA) is 102 Å². The van der Waals surface area contributed by atoms with Crippen LogP contribution in [0.5, 0.6) is 5.75 Å². The van der Waals surface area contributed by atoms with Gasteiger partial charge in [0, 0.05) is 17.8 Å². The third kappa shape index (κ3) is 5.69. The number of nitrogens with one attached hydrogen (secondary N) is 1. The minimum absolute atomic E-state index is 0.121. The average Bonchev–Trinajstić information content (AvgIpc) is 2.68. The number of sulfonamides is 1. The summed E-state index contributed by atoms with van der Waals surface area (Å²) in [5, 5.41) is 2.81. The van der Waals surface area contributed by atoms with Gasteiger partial charge < -0.3 is 14.8 Å². The lowest BCUT2D eigenvalue weighted by Crippen LogP contribution is -2.35. The highest BCUT2D eigenvalue weighted by atomic mass is 35.5. The SMILES string of the molecule is CCOC(=O)c1ccc(NC(=O)CN(C)S(=O)(=O)c2cc(Cl)ccc2OC)cc1. The Bertz CT molecular complexity index is 992. The van der Waals surface area contributed by atoms with Gasteiger partial charge in [0.1, 0.15) is 10.6 Å². The van der Waals surface area contributed by atoms with Crippen molar-refractivity contribution in [1.82, 2.24) is 4.31 Å². The van der Waals surface area contributed by atoms with Gasteiger partial charge in [-0.25, -0.2) is 13.2 Å². The van der Waals surface area contributed by atoms with Crippen LogP contribution in [0.2, 0.25) is 5.02 Å². The number of benzene rings is 2. The smallest absolute Gasteiger partial charge is 0.338 e. The van der Waals surface area contributed by atoms with Crippen LogP contribution in [0.4, 0.5) is 5.69 Å². The molecule has 0 aliphatic heterocycles. The Kier molecular flexibility index (Phi) is 7.60. The molecule has 156 valence electrons. The molecule has 0 heterocycles. The van der Waals surface area contributed by atoms with Crippen LogP contribution in [0.3, 0.4) is 0 Å². The van der Waals surface area contributed by atoms with Crippen LogP contribution in [0.25, 0.3) is 0 Å². The molecule has 1 amide bonds. The molecule has 0 spiro atoms. The molecule has 29 heavy (non-hydrogen) atoms. The number of ether oxygens (including phenoxy) is 2.